The molecular formula is C19H16N8. The molecule has 3 heterocycles. The monoisotopic (exact) mass is 356 g/mol. The summed E-state index contributed by atoms with van der Waals surface area (Å²) >= 11 is 0. The van der Waals surface area contributed by atoms with E-state index in [2.05, 4.69) is 31.8 Å². The van der Waals surface area contributed by atoms with E-state index in [1.165, 1.54) is 0 Å². The van der Waals surface area contributed by atoms with Crippen molar-refractivity contribution < 1.29 is 0 Å². The Balaban J connectivity index is 1.53. The second-order valence-corrected chi connectivity index (χ2v) is 6.50. The molecule has 5 rings (SSSR count). The van der Waals surface area contributed by atoms with Gasteiger partial charge in [-0.05, 0) is 31.0 Å². The SMILES string of the molecule is N#Cc1cnc2c(NC3CC3)cc(Nc3cccc(-n4ccnc4)c3)nn12. The number of benzene rings is 1. The fourth-order valence-corrected chi connectivity index (χ4v) is 2.96. The Labute approximate surface area is 155 Å². The van der Waals surface area contributed by atoms with Crippen molar-refractivity contribution in [3.05, 3.63) is 60.9 Å². The summed E-state index contributed by atoms with van der Waals surface area (Å²) in [5, 5.41) is 20.7. The zero-order valence-electron chi connectivity index (χ0n) is 14.4. The van der Waals surface area contributed by atoms with Gasteiger partial charge in [0.1, 0.15) is 6.07 Å². The van der Waals surface area contributed by atoms with E-state index >= 15 is 0 Å². The third kappa shape index (κ3) is 2.95. The van der Waals surface area contributed by atoms with Crippen LogP contribution in [0.1, 0.15) is 18.5 Å². The molecule has 8 nitrogen and oxygen atoms in total. The van der Waals surface area contributed by atoms with Crippen LogP contribution in [0.5, 0.6) is 0 Å². The number of nitrogens with one attached hydrogen (secondary N) is 2. The van der Waals surface area contributed by atoms with E-state index in [4.69, 9.17) is 0 Å². The average Bonchev–Trinajstić information content (AvgIpc) is 3.18. The van der Waals surface area contributed by atoms with Crippen molar-refractivity contribution in [2.45, 2.75) is 18.9 Å². The molecule has 0 amide bonds. The minimum absolute atomic E-state index is 0.402. The van der Waals surface area contributed by atoms with Crippen LogP contribution in [0.4, 0.5) is 17.2 Å². The maximum Gasteiger partial charge on any atom is 0.178 e. The molecule has 1 aromatic carbocycles. The standard InChI is InChI=1S/C19H16N8/c20-10-16-11-22-19-17(23-13-4-5-13)9-18(25-27(16)19)24-14-2-1-3-15(8-14)26-7-6-21-12-26/h1-3,6-9,11-13,23H,4-5H2,(H,24,25). The van der Waals surface area contributed by atoms with Crippen LogP contribution in [-0.2, 0) is 0 Å². The summed E-state index contributed by atoms with van der Waals surface area (Å²) in [6, 6.07) is 12.5. The van der Waals surface area contributed by atoms with Gasteiger partial charge in [-0.15, -0.1) is 5.10 Å². The summed E-state index contributed by atoms with van der Waals surface area (Å²) in [7, 11) is 0. The number of fused-ring (bicyclic) bond motifs is 1. The van der Waals surface area contributed by atoms with Gasteiger partial charge in [-0.1, -0.05) is 6.07 Å². The fourth-order valence-electron chi connectivity index (χ4n) is 2.96. The highest BCUT2D eigenvalue weighted by molar-refractivity contribution is 5.73. The number of anilines is 3. The molecule has 0 spiro atoms. The number of imidazole rings is 2. The van der Waals surface area contributed by atoms with Gasteiger partial charge in [0.2, 0.25) is 0 Å². The number of nitrogens with zero attached hydrogens (tertiary/aromatic N) is 6. The Bertz CT molecular complexity index is 1150. The molecule has 0 radical (unpaired) electrons. The fraction of sp³-hybridized carbons (Fsp3) is 0.158. The Hall–Kier alpha value is -3.86. The Morgan fingerprint density at radius 3 is 2.93 bits per heavy atom. The third-order valence-corrected chi connectivity index (χ3v) is 4.44. The minimum atomic E-state index is 0.402. The van der Waals surface area contributed by atoms with Crippen LogP contribution in [0.2, 0.25) is 0 Å². The second kappa shape index (κ2) is 6.14. The summed E-state index contributed by atoms with van der Waals surface area (Å²) in [5.74, 6) is 0.642. The molecule has 0 aliphatic heterocycles. The van der Waals surface area contributed by atoms with Crippen molar-refractivity contribution >= 4 is 22.8 Å². The molecule has 1 saturated carbocycles. The van der Waals surface area contributed by atoms with E-state index in [1.54, 1.807) is 23.2 Å². The highest BCUT2D eigenvalue weighted by Gasteiger charge is 2.23. The molecule has 2 N–H and O–H groups in total. The van der Waals surface area contributed by atoms with Gasteiger partial charge in [-0.25, -0.2) is 9.97 Å². The number of aromatic nitrogens is 5. The van der Waals surface area contributed by atoms with Crippen LogP contribution in [0.15, 0.2) is 55.2 Å². The van der Waals surface area contributed by atoms with Crippen molar-refractivity contribution in [3.8, 4) is 11.8 Å². The van der Waals surface area contributed by atoms with Crippen LogP contribution in [-0.4, -0.2) is 30.2 Å². The summed E-state index contributed by atoms with van der Waals surface area (Å²) in [4.78, 5) is 8.43. The quantitative estimate of drug-likeness (QED) is 0.570. The smallest absolute Gasteiger partial charge is 0.178 e. The average molecular weight is 356 g/mol. The maximum atomic E-state index is 9.33. The predicted octanol–water partition coefficient (Wildman–Crippen LogP) is 3.10. The van der Waals surface area contributed by atoms with E-state index in [0.717, 1.165) is 29.9 Å². The molecule has 4 aromatic rings. The molecule has 0 atom stereocenters. The summed E-state index contributed by atoms with van der Waals surface area (Å²) in [5.41, 5.74) is 3.83. The zero-order valence-corrected chi connectivity index (χ0v) is 14.4. The summed E-state index contributed by atoms with van der Waals surface area (Å²) < 4.78 is 3.51. The van der Waals surface area contributed by atoms with Gasteiger partial charge in [-0.2, -0.15) is 9.78 Å². The van der Waals surface area contributed by atoms with Crippen molar-refractivity contribution in [3.63, 3.8) is 0 Å². The molecule has 1 fully saturated rings. The normalized spacial score (nSPS) is 13.4. The van der Waals surface area contributed by atoms with E-state index in [0.29, 0.717) is 23.2 Å². The van der Waals surface area contributed by atoms with Crippen molar-refractivity contribution in [1.29, 1.82) is 5.26 Å². The first-order valence-corrected chi connectivity index (χ1v) is 8.71. The summed E-state index contributed by atoms with van der Waals surface area (Å²) in [6.07, 6.45) is 9.24. The van der Waals surface area contributed by atoms with Crippen LogP contribution in [0.3, 0.4) is 0 Å². The highest BCUT2D eigenvalue weighted by atomic mass is 15.3. The second-order valence-electron chi connectivity index (χ2n) is 6.50. The molecule has 1 aliphatic carbocycles. The number of nitriles is 1. The Kier molecular flexibility index (Phi) is 3.50. The molecule has 1 aliphatic rings. The largest absolute Gasteiger partial charge is 0.379 e. The molecule has 0 bridgehead atoms. The maximum absolute atomic E-state index is 9.33. The van der Waals surface area contributed by atoms with Crippen LogP contribution in [0.25, 0.3) is 11.3 Å². The van der Waals surface area contributed by atoms with Crippen LogP contribution < -0.4 is 10.6 Å². The van der Waals surface area contributed by atoms with E-state index < -0.39 is 0 Å². The molecule has 132 valence electrons. The molecule has 0 unspecified atom stereocenters. The molecule has 0 saturated heterocycles. The minimum Gasteiger partial charge on any atom is -0.379 e. The van der Waals surface area contributed by atoms with Gasteiger partial charge in [0.25, 0.3) is 0 Å². The third-order valence-electron chi connectivity index (χ3n) is 4.44. The lowest BCUT2D eigenvalue weighted by Crippen LogP contribution is -2.07. The van der Waals surface area contributed by atoms with Crippen molar-refractivity contribution in [2.24, 2.45) is 0 Å². The predicted molar refractivity (Wildman–Crippen MR) is 101 cm³/mol. The van der Waals surface area contributed by atoms with Gasteiger partial charge in [0.05, 0.1) is 18.2 Å². The lowest BCUT2D eigenvalue weighted by atomic mass is 10.2. The van der Waals surface area contributed by atoms with Gasteiger partial charge in [0.15, 0.2) is 17.2 Å². The lowest BCUT2D eigenvalue weighted by molar-refractivity contribution is 0.924. The molecule has 27 heavy (non-hydrogen) atoms. The lowest BCUT2D eigenvalue weighted by Gasteiger charge is -2.12. The molecule has 8 heteroatoms. The van der Waals surface area contributed by atoms with Crippen LogP contribution in [0, 0.1) is 11.3 Å². The van der Waals surface area contributed by atoms with E-state index in [9.17, 15) is 5.26 Å². The molecule has 3 aromatic heterocycles. The van der Waals surface area contributed by atoms with Crippen LogP contribution >= 0.6 is 0 Å². The Morgan fingerprint density at radius 1 is 1.22 bits per heavy atom. The van der Waals surface area contributed by atoms with Gasteiger partial charge in [0, 0.05) is 35.9 Å². The van der Waals surface area contributed by atoms with Gasteiger partial charge >= 0.3 is 0 Å². The zero-order chi connectivity index (χ0) is 18.2. The van der Waals surface area contributed by atoms with Gasteiger partial charge < -0.3 is 15.2 Å². The first kappa shape index (κ1) is 15.4. The topological polar surface area (TPSA) is 95.9 Å². The number of hydrogen-bond donors (Lipinski definition) is 2. The first-order chi connectivity index (χ1) is 13.3. The number of hydrogen-bond acceptors (Lipinski definition) is 6. The highest BCUT2D eigenvalue weighted by Crippen LogP contribution is 2.29. The number of rotatable bonds is 5. The van der Waals surface area contributed by atoms with E-state index in [1.807, 2.05) is 41.1 Å². The van der Waals surface area contributed by atoms with E-state index in [-0.39, 0.29) is 0 Å². The van der Waals surface area contributed by atoms with Gasteiger partial charge in [-0.3, -0.25) is 0 Å². The Morgan fingerprint density at radius 2 is 2.15 bits per heavy atom. The summed E-state index contributed by atoms with van der Waals surface area (Å²) in [6.45, 7) is 0. The molecular weight excluding hydrogens is 340 g/mol. The first-order valence-electron chi connectivity index (χ1n) is 8.71. The van der Waals surface area contributed by atoms with Crippen molar-refractivity contribution in [1.82, 2.24) is 24.1 Å². The van der Waals surface area contributed by atoms with Crippen molar-refractivity contribution in [2.75, 3.05) is 10.6 Å².